The van der Waals surface area contributed by atoms with Crippen LogP contribution in [0, 0.1) is 5.92 Å². The van der Waals surface area contributed by atoms with Gasteiger partial charge in [0.25, 0.3) is 11.1 Å². The minimum absolute atomic E-state index is 0.109. The van der Waals surface area contributed by atoms with Crippen molar-refractivity contribution in [1.29, 1.82) is 0 Å². The van der Waals surface area contributed by atoms with Gasteiger partial charge >= 0.3 is 0 Å². The van der Waals surface area contributed by atoms with Crippen molar-refractivity contribution in [3.8, 4) is 23.0 Å². The standard InChI is InChI=1S/C25H26N4O4S/c1-15(2)23(16-8-9-20-21(12-16)32-11-5-10-31-20)27-22(30)14-34-25-29-28-24(33-25)18-13-26-19-7-4-3-6-17(18)19/h3-4,6-9,12-13,15,23,26H,5,10-11,14H2,1-2H3,(H,27,30)/t23-/m0/s1. The highest BCUT2D eigenvalue weighted by Gasteiger charge is 2.22. The van der Waals surface area contributed by atoms with Crippen LogP contribution in [-0.4, -0.2) is 40.1 Å². The number of rotatable bonds is 7. The molecule has 9 heteroatoms. The molecule has 5 rings (SSSR count). The van der Waals surface area contributed by atoms with E-state index in [0.29, 0.717) is 24.3 Å². The summed E-state index contributed by atoms with van der Waals surface area (Å²) in [7, 11) is 0. The Kier molecular flexibility index (Phi) is 6.44. The summed E-state index contributed by atoms with van der Waals surface area (Å²) in [6.45, 7) is 5.42. The van der Waals surface area contributed by atoms with Crippen LogP contribution in [0.4, 0.5) is 0 Å². The number of amides is 1. The zero-order valence-electron chi connectivity index (χ0n) is 19.0. The maximum absolute atomic E-state index is 12.8. The van der Waals surface area contributed by atoms with E-state index in [-0.39, 0.29) is 23.6 Å². The number of hydrogen-bond donors (Lipinski definition) is 2. The van der Waals surface area contributed by atoms with Crippen LogP contribution in [0.15, 0.2) is 58.3 Å². The molecule has 3 heterocycles. The molecule has 0 unspecified atom stereocenters. The monoisotopic (exact) mass is 478 g/mol. The van der Waals surface area contributed by atoms with Crippen LogP contribution < -0.4 is 14.8 Å². The molecule has 2 aromatic heterocycles. The third-order valence-corrected chi connectivity index (χ3v) is 6.49. The molecule has 0 saturated carbocycles. The van der Waals surface area contributed by atoms with E-state index in [1.54, 1.807) is 0 Å². The van der Waals surface area contributed by atoms with Gasteiger partial charge in [-0.15, -0.1) is 10.2 Å². The van der Waals surface area contributed by atoms with Crippen molar-refractivity contribution in [3.63, 3.8) is 0 Å². The van der Waals surface area contributed by atoms with Gasteiger partial charge in [0.15, 0.2) is 11.5 Å². The van der Waals surface area contributed by atoms with Gasteiger partial charge in [-0.05, 0) is 29.7 Å². The highest BCUT2D eigenvalue weighted by atomic mass is 32.2. The number of hydrogen-bond acceptors (Lipinski definition) is 7. The van der Waals surface area contributed by atoms with Crippen LogP contribution >= 0.6 is 11.8 Å². The molecule has 2 N–H and O–H groups in total. The molecule has 8 nitrogen and oxygen atoms in total. The number of nitrogens with zero attached hydrogens (tertiary/aromatic N) is 2. The fraction of sp³-hybridized carbons (Fsp3) is 0.320. The Morgan fingerprint density at radius 1 is 1.12 bits per heavy atom. The number of benzene rings is 2. The molecule has 0 spiro atoms. The SMILES string of the molecule is CC(C)[C@H](NC(=O)CSc1nnc(-c2c[nH]c3ccccc23)o1)c1ccc2c(c1)OCCCO2. The van der Waals surface area contributed by atoms with Crippen LogP contribution in [-0.2, 0) is 4.79 Å². The van der Waals surface area contributed by atoms with Crippen LogP contribution in [0.5, 0.6) is 11.5 Å². The number of H-pyrrole nitrogens is 1. The van der Waals surface area contributed by atoms with Gasteiger partial charge in [-0.3, -0.25) is 4.79 Å². The molecule has 0 aliphatic carbocycles. The molecule has 176 valence electrons. The summed E-state index contributed by atoms with van der Waals surface area (Å²) in [5.74, 6) is 2.14. The molecule has 1 aliphatic heterocycles. The Hall–Kier alpha value is -3.46. The second-order valence-electron chi connectivity index (χ2n) is 8.46. The number of thioether (sulfide) groups is 1. The fourth-order valence-corrected chi connectivity index (χ4v) is 4.55. The van der Waals surface area contributed by atoms with Crippen molar-refractivity contribution < 1.29 is 18.7 Å². The van der Waals surface area contributed by atoms with E-state index in [9.17, 15) is 4.79 Å². The lowest BCUT2D eigenvalue weighted by Crippen LogP contribution is -2.33. The Labute approximate surface area is 201 Å². The van der Waals surface area contributed by atoms with Gasteiger partial charge in [-0.25, -0.2) is 0 Å². The van der Waals surface area contributed by atoms with Crippen molar-refractivity contribution in [2.75, 3.05) is 19.0 Å². The molecular weight excluding hydrogens is 452 g/mol. The molecule has 0 bridgehead atoms. The number of aromatic nitrogens is 3. The van der Waals surface area contributed by atoms with Crippen molar-refractivity contribution in [3.05, 3.63) is 54.2 Å². The van der Waals surface area contributed by atoms with Crippen LogP contribution in [0.3, 0.4) is 0 Å². The van der Waals surface area contributed by atoms with Crippen molar-refractivity contribution in [1.82, 2.24) is 20.5 Å². The minimum Gasteiger partial charge on any atom is -0.490 e. The number of ether oxygens (including phenoxy) is 2. The fourth-order valence-electron chi connectivity index (χ4n) is 3.98. The van der Waals surface area contributed by atoms with E-state index in [0.717, 1.165) is 39.9 Å². The van der Waals surface area contributed by atoms with Crippen LogP contribution in [0.25, 0.3) is 22.4 Å². The first kappa shape index (κ1) is 22.3. The normalized spacial score (nSPS) is 14.2. The highest BCUT2D eigenvalue weighted by Crippen LogP contribution is 2.34. The lowest BCUT2D eigenvalue weighted by atomic mass is 9.95. The molecular formula is C25H26N4O4S. The predicted molar refractivity (Wildman–Crippen MR) is 130 cm³/mol. The Bertz CT molecular complexity index is 1300. The number of carbonyl (C=O) groups is 1. The summed E-state index contributed by atoms with van der Waals surface area (Å²) in [5, 5.41) is 12.8. The first-order valence-electron chi connectivity index (χ1n) is 11.3. The van der Waals surface area contributed by atoms with Gasteiger partial charge < -0.3 is 24.2 Å². The maximum atomic E-state index is 12.8. The third kappa shape index (κ3) is 4.75. The Balaban J connectivity index is 1.23. The van der Waals surface area contributed by atoms with E-state index < -0.39 is 0 Å². The zero-order chi connectivity index (χ0) is 23.5. The quantitative estimate of drug-likeness (QED) is 0.361. The maximum Gasteiger partial charge on any atom is 0.277 e. The van der Waals surface area contributed by atoms with Crippen LogP contribution in [0.1, 0.15) is 31.9 Å². The summed E-state index contributed by atoms with van der Waals surface area (Å²) in [5.41, 5.74) is 2.82. The molecule has 1 atom stereocenters. The minimum atomic E-state index is -0.158. The van der Waals surface area contributed by atoms with Gasteiger partial charge in [-0.1, -0.05) is 49.9 Å². The molecule has 2 aromatic carbocycles. The number of carbonyl (C=O) groups excluding carboxylic acids is 1. The number of aromatic amines is 1. The zero-order valence-corrected chi connectivity index (χ0v) is 19.9. The topological polar surface area (TPSA) is 102 Å². The molecule has 0 fully saturated rings. The smallest absolute Gasteiger partial charge is 0.277 e. The average Bonchev–Trinajstić information content (AvgIpc) is 3.41. The van der Waals surface area contributed by atoms with Gasteiger partial charge in [0.2, 0.25) is 5.91 Å². The molecule has 34 heavy (non-hydrogen) atoms. The van der Waals surface area contributed by atoms with Gasteiger partial charge in [0.1, 0.15) is 0 Å². The van der Waals surface area contributed by atoms with Gasteiger partial charge in [-0.2, -0.15) is 0 Å². The van der Waals surface area contributed by atoms with Gasteiger partial charge in [0, 0.05) is 23.5 Å². The summed E-state index contributed by atoms with van der Waals surface area (Å²) in [4.78, 5) is 16.0. The van der Waals surface area contributed by atoms with E-state index in [1.807, 2.05) is 48.7 Å². The summed E-state index contributed by atoms with van der Waals surface area (Å²) >= 11 is 1.22. The lowest BCUT2D eigenvalue weighted by molar-refractivity contribution is -0.119. The van der Waals surface area contributed by atoms with E-state index in [4.69, 9.17) is 13.9 Å². The van der Waals surface area contributed by atoms with Crippen molar-refractivity contribution in [2.24, 2.45) is 5.92 Å². The third-order valence-electron chi connectivity index (χ3n) is 5.67. The van der Waals surface area contributed by atoms with E-state index in [2.05, 4.69) is 34.3 Å². The van der Waals surface area contributed by atoms with Crippen LogP contribution in [0.2, 0.25) is 0 Å². The second kappa shape index (κ2) is 9.80. The van der Waals surface area contributed by atoms with Crippen molar-refractivity contribution in [2.45, 2.75) is 31.5 Å². The summed E-state index contributed by atoms with van der Waals surface area (Å²) in [6, 6.07) is 13.6. The Morgan fingerprint density at radius 2 is 1.94 bits per heavy atom. The summed E-state index contributed by atoms with van der Waals surface area (Å²) < 4.78 is 17.3. The highest BCUT2D eigenvalue weighted by molar-refractivity contribution is 7.99. The lowest BCUT2D eigenvalue weighted by Gasteiger charge is -2.23. The van der Waals surface area contributed by atoms with E-state index in [1.165, 1.54) is 11.8 Å². The molecule has 1 amide bonds. The van der Waals surface area contributed by atoms with Crippen molar-refractivity contribution >= 4 is 28.6 Å². The second-order valence-corrected chi connectivity index (χ2v) is 9.38. The average molecular weight is 479 g/mol. The predicted octanol–water partition coefficient (Wildman–Crippen LogP) is 4.98. The molecule has 0 saturated heterocycles. The number of nitrogens with one attached hydrogen (secondary N) is 2. The first-order valence-corrected chi connectivity index (χ1v) is 12.3. The summed E-state index contributed by atoms with van der Waals surface area (Å²) in [6.07, 6.45) is 2.70. The molecule has 4 aromatic rings. The molecule has 0 radical (unpaired) electrons. The number of para-hydroxylation sites is 1. The molecule has 1 aliphatic rings. The van der Waals surface area contributed by atoms with E-state index >= 15 is 0 Å². The number of fused-ring (bicyclic) bond motifs is 2. The first-order chi connectivity index (χ1) is 16.6. The van der Waals surface area contributed by atoms with Gasteiger partial charge in [0.05, 0.1) is 30.6 Å². The largest absolute Gasteiger partial charge is 0.490 e. The Morgan fingerprint density at radius 3 is 2.79 bits per heavy atom.